The molecule has 0 fully saturated rings. The van der Waals surface area contributed by atoms with Gasteiger partial charge in [-0.05, 0) is 25.1 Å². The van der Waals surface area contributed by atoms with Gasteiger partial charge in [0, 0.05) is 22.7 Å². The summed E-state index contributed by atoms with van der Waals surface area (Å²) in [7, 11) is 0. The Labute approximate surface area is 132 Å². The zero-order valence-electron chi connectivity index (χ0n) is 11.5. The molecule has 1 aromatic carbocycles. The van der Waals surface area contributed by atoms with Crippen LogP contribution in [0.25, 0.3) is 0 Å². The number of alkyl halides is 5. The van der Waals surface area contributed by atoms with Crippen LogP contribution in [0, 0.1) is 0 Å². The van der Waals surface area contributed by atoms with E-state index in [-0.39, 0.29) is 21.3 Å². The van der Waals surface area contributed by atoms with E-state index in [1.807, 2.05) is 0 Å². The van der Waals surface area contributed by atoms with Gasteiger partial charge in [0.25, 0.3) is 5.91 Å². The molecule has 1 amide bonds. The van der Waals surface area contributed by atoms with E-state index in [1.165, 1.54) is 12.1 Å². The van der Waals surface area contributed by atoms with Crippen molar-refractivity contribution in [1.29, 1.82) is 0 Å². The molecule has 1 atom stereocenters. The highest BCUT2D eigenvalue weighted by molar-refractivity contribution is 6.31. The van der Waals surface area contributed by atoms with E-state index < -0.39 is 30.2 Å². The number of rotatable bonds is 2. The summed E-state index contributed by atoms with van der Waals surface area (Å²) < 4.78 is 65.4. The summed E-state index contributed by atoms with van der Waals surface area (Å²) in [5, 5.41) is 13.2. The fourth-order valence-corrected chi connectivity index (χ4v) is 2.34. The maximum absolute atomic E-state index is 13.7. The zero-order valence-corrected chi connectivity index (χ0v) is 12.3. The van der Waals surface area contributed by atoms with Crippen molar-refractivity contribution in [2.45, 2.75) is 31.2 Å². The molecule has 2 rings (SSSR count). The Morgan fingerprint density at radius 2 is 1.96 bits per heavy atom. The third-order valence-electron chi connectivity index (χ3n) is 3.25. The van der Waals surface area contributed by atoms with Crippen LogP contribution in [0.2, 0.25) is 5.02 Å². The summed E-state index contributed by atoms with van der Waals surface area (Å²) in [5.74, 6) is -6.90. The Morgan fingerprint density at radius 1 is 1.35 bits per heavy atom. The minimum atomic E-state index is -6.06. The van der Waals surface area contributed by atoms with E-state index in [4.69, 9.17) is 11.6 Å². The Balaban J connectivity index is 2.49. The number of hydrogen-bond donors (Lipinski definition) is 1. The van der Waals surface area contributed by atoms with Crippen LogP contribution >= 0.6 is 11.6 Å². The highest BCUT2D eigenvalue weighted by Gasteiger charge is 2.74. The molecule has 0 aromatic heterocycles. The van der Waals surface area contributed by atoms with Crippen LogP contribution in [0.1, 0.15) is 23.7 Å². The normalized spacial score (nSPS) is 22.3. The van der Waals surface area contributed by atoms with Crippen LogP contribution in [0.4, 0.5) is 22.0 Å². The summed E-state index contributed by atoms with van der Waals surface area (Å²) in [6.07, 6.45) is -7.19. The lowest BCUT2D eigenvalue weighted by atomic mass is 9.98. The number of carbonyl (C=O) groups is 1. The number of nitrogens with zero attached hydrogens (tertiary/aromatic N) is 2. The topological polar surface area (TPSA) is 52.9 Å². The number of hydrazone groups is 1. The average Bonchev–Trinajstić information content (AvgIpc) is 2.73. The first kappa shape index (κ1) is 17.6. The third-order valence-corrected chi connectivity index (χ3v) is 3.48. The van der Waals surface area contributed by atoms with Crippen molar-refractivity contribution in [3.63, 3.8) is 0 Å². The Hall–Kier alpha value is -1.74. The molecule has 1 aliphatic heterocycles. The second-order valence-corrected chi connectivity index (χ2v) is 5.46. The molecule has 0 saturated carbocycles. The summed E-state index contributed by atoms with van der Waals surface area (Å²) in [4.78, 5) is 12.2. The first-order valence-corrected chi connectivity index (χ1v) is 6.59. The minimum absolute atomic E-state index is 0.0712. The number of aliphatic hydroxyl groups is 1. The van der Waals surface area contributed by atoms with E-state index >= 15 is 0 Å². The maximum Gasteiger partial charge on any atom is 0.458 e. The van der Waals surface area contributed by atoms with E-state index in [0.717, 1.165) is 19.1 Å². The van der Waals surface area contributed by atoms with Crippen molar-refractivity contribution < 1.29 is 31.9 Å². The van der Waals surface area contributed by atoms with E-state index in [2.05, 4.69) is 5.10 Å². The van der Waals surface area contributed by atoms with E-state index in [1.54, 1.807) is 0 Å². The second-order valence-electron chi connectivity index (χ2n) is 5.03. The quantitative estimate of drug-likeness (QED) is 0.825. The molecule has 0 unspecified atom stereocenters. The van der Waals surface area contributed by atoms with Crippen LogP contribution in [0.15, 0.2) is 29.4 Å². The van der Waals surface area contributed by atoms with Gasteiger partial charge in [0.15, 0.2) is 0 Å². The Bertz CT molecular complexity index is 677. The molecule has 23 heavy (non-hydrogen) atoms. The number of halogens is 6. The molecule has 1 aliphatic rings. The van der Waals surface area contributed by atoms with Gasteiger partial charge < -0.3 is 5.11 Å². The molecular weight excluding hydrogens is 347 g/mol. The zero-order chi connectivity index (χ0) is 17.6. The first-order valence-electron chi connectivity index (χ1n) is 6.21. The van der Waals surface area contributed by atoms with Crippen molar-refractivity contribution in [2.24, 2.45) is 5.10 Å². The van der Waals surface area contributed by atoms with E-state index in [0.29, 0.717) is 0 Å². The summed E-state index contributed by atoms with van der Waals surface area (Å²) in [6.45, 7) is 1.13. The summed E-state index contributed by atoms with van der Waals surface area (Å²) in [6, 6.07) is 4.92. The molecule has 10 heteroatoms. The Morgan fingerprint density at radius 3 is 2.48 bits per heavy atom. The van der Waals surface area contributed by atoms with Gasteiger partial charge in [0.05, 0.1) is 0 Å². The van der Waals surface area contributed by atoms with Gasteiger partial charge >= 0.3 is 12.1 Å². The van der Waals surface area contributed by atoms with Crippen LogP contribution in [0.3, 0.4) is 0 Å². The van der Waals surface area contributed by atoms with Crippen LogP contribution in [-0.4, -0.2) is 39.6 Å². The lowest BCUT2D eigenvalue weighted by molar-refractivity contribution is -0.362. The van der Waals surface area contributed by atoms with Gasteiger partial charge in [-0.2, -0.15) is 32.1 Å². The van der Waals surface area contributed by atoms with Gasteiger partial charge in [-0.15, -0.1) is 0 Å². The molecular formula is C13H10ClF5N2O2. The predicted molar refractivity (Wildman–Crippen MR) is 71.3 cm³/mol. The first-order chi connectivity index (χ1) is 10.4. The number of hydrogen-bond acceptors (Lipinski definition) is 3. The molecule has 0 radical (unpaired) electrons. The van der Waals surface area contributed by atoms with Crippen molar-refractivity contribution in [3.8, 4) is 0 Å². The minimum Gasteiger partial charge on any atom is -0.364 e. The van der Waals surface area contributed by atoms with Gasteiger partial charge in [0.1, 0.15) is 0 Å². The van der Waals surface area contributed by atoms with Crippen LogP contribution in [-0.2, 0) is 0 Å². The largest absolute Gasteiger partial charge is 0.458 e. The standard InChI is InChI=1S/C13H10ClF5N2O2/c1-7-6-11(23,12(15,16)13(17,18)19)21(20-7)10(22)8-3-2-4-9(14)5-8/h2-5,23H,6H2,1H3/t11-/m0/s1. The summed E-state index contributed by atoms with van der Waals surface area (Å²) >= 11 is 5.66. The molecule has 4 nitrogen and oxygen atoms in total. The molecule has 0 saturated heterocycles. The molecule has 0 spiro atoms. The number of carbonyl (C=O) groups excluding carboxylic acids is 1. The van der Waals surface area contributed by atoms with Gasteiger partial charge in [0.2, 0.25) is 5.72 Å². The predicted octanol–water partition coefficient (Wildman–Crippen LogP) is 3.45. The molecule has 0 bridgehead atoms. The van der Waals surface area contributed by atoms with Crippen LogP contribution in [0.5, 0.6) is 0 Å². The highest BCUT2D eigenvalue weighted by Crippen LogP contribution is 2.49. The third kappa shape index (κ3) is 2.78. The Kier molecular flexibility index (Phi) is 4.15. The molecule has 1 heterocycles. The number of amides is 1. The fraction of sp³-hybridized carbons (Fsp3) is 0.385. The van der Waals surface area contributed by atoms with Crippen molar-refractivity contribution >= 4 is 23.2 Å². The smallest absolute Gasteiger partial charge is 0.364 e. The lowest BCUT2D eigenvalue weighted by Crippen LogP contribution is -2.64. The molecule has 1 aromatic rings. The highest BCUT2D eigenvalue weighted by atomic mass is 35.5. The fourth-order valence-electron chi connectivity index (χ4n) is 2.15. The number of benzene rings is 1. The SMILES string of the molecule is CC1=NN(C(=O)c2cccc(Cl)c2)[C@@](O)(C(F)(F)C(F)(F)F)C1. The van der Waals surface area contributed by atoms with Crippen molar-refractivity contribution in [3.05, 3.63) is 34.9 Å². The van der Waals surface area contributed by atoms with Crippen molar-refractivity contribution in [1.82, 2.24) is 5.01 Å². The van der Waals surface area contributed by atoms with Gasteiger partial charge in [-0.3, -0.25) is 4.79 Å². The van der Waals surface area contributed by atoms with Crippen molar-refractivity contribution in [2.75, 3.05) is 0 Å². The molecule has 1 N–H and O–H groups in total. The van der Waals surface area contributed by atoms with Gasteiger partial charge in [-0.25, -0.2) is 0 Å². The second kappa shape index (κ2) is 5.41. The lowest BCUT2D eigenvalue weighted by Gasteiger charge is -2.38. The van der Waals surface area contributed by atoms with E-state index in [9.17, 15) is 31.9 Å². The monoisotopic (exact) mass is 356 g/mol. The molecule has 0 aliphatic carbocycles. The molecule has 126 valence electrons. The maximum atomic E-state index is 13.7. The average molecular weight is 357 g/mol. The summed E-state index contributed by atoms with van der Waals surface area (Å²) in [5.41, 5.74) is -4.37. The van der Waals surface area contributed by atoms with Gasteiger partial charge in [-0.1, -0.05) is 17.7 Å². The van der Waals surface area contributed by atoms with Crippen LogP contribution < -0.4 is 0 Å².